The van der Waals surface area contributed by atoms with Crippen LogP contribution in [-0.4, -0.2) is 35.5 Å². The maximum Gasteiger partial charge on any atom is 0.249 e. The topological polar surface area (TPSA) is 62.6 Å². The Morgan fingerprint density at radius 1 is 0.966 bits per heavy atom. The van der Waals surface area contributed by atoms with Crippen LogP contribution in [0.3, 0.4) is 0 Å². The lowest BCUT2D eigenvalue weighted by atomic mass is 10.0. The highest BCUT2D eigenvalue weighted by Crippen LogP contribution is 2.27. The normalized spacial score (nSPS) is 13.5. The highest BCUT2D eigenvalue weighted by Gasteiger charge is 2.28. The van der Waals surface area contributed by atoms with E-state index in [2.05, 4.69) is 9.98 Å². The number of hydrogen-bond donors (Lipinski definition) is 0. The van der Waals surface area contributed by atoms with Crippen LogP contribution in [0.15, 0.2) is 71.7 Å². The van der Waals surface area contributed by atoms with Gasteiger partial charge in [-0.25, -0.2) is 4.98 Å². The smallest absolute Gasteiger partial charge is 0.249 e. The quantitative estimate of drug-likeness (QED) is 0.459. The lowest BCUT2D eigenvalue weighted by Crippen LogP contribution is -2.37. The highest BCUT2D eigenvalue weighted by molar-refractivity contribution is 6.31. The molecule has 0 spiro atoms. The minimum atomic E-state index is -0.288. The summed E-state index contributed by atoms with van der Waals surface area (Å²) in [7, 11) is 0. The summed E-state index contributed by atoms with van der Waals surface area (Å²) in [5.41, 5.74) is 2.83. The van der Waals surface area contributed by atoms with Crippen LogP contribution in [0.25, 0.3) is 0 Å². The van der Waals surface area contributed by atoms with Crippen LogP contribution in [0.1, 0.15) is 21.6 Å². The van der Waals surface area contributed by atoms with E-state index in [1.54, 1.807) is 36.4 Å². The van der Waals surface area contributed by atoms with Crippen LogP contribution < -0.4 is 4.90 Å². The fourth-order valence-electron chi connectivity index (χ4n) is 3.13. The van der Waals surface area contributed by atoms with Crippen molar-refractivity contribution in [2.24, 2.45) is 4.99 Å². The number of Topliss-reactive ketones (excluding diaryl/α,β-unsaturated/α-hetero) is 1. The molecule has 0 aliphatic carbocycles. The Hall–Kier alpha value is -3.02. The number of aliphatic imine (C=N–C) groups is 1. The number of aromatic nitrogens is 1. The van der Waals surface area contributed by atoms with Crippen LogP contribution in [0.2, 0.25) is 10.2 Å². The number of amides is 1. The molecule has 0 atom stereocenters. The number of rotatable bonds is 4. The Bertz CT molecular complexity index is 1110. The van der Waals surface area contributed by atoms with Gasteiger partial charge in [-0.1, -0.05) is 53.5 Å². The zero-order valence-electron chi connectivity index (χ0n) is 15.2. The number of carbonyl (C=O) groups is 2. The first-order chi connectivity index (χ1) is 14.0. The van der Waals surface area contributed by atoms with Crippen molar-refractivity contribution in [3.63, 3.8) is 0 Å². The van der Waals surface area contributed by atoms with Crippen molar-refractivity contribution in [2.45, 2.75) is 0 Å². The van der Waals surface area contributed by atoms with Gasteiger partial charge in [-0.05, 0) is 36.4 Å². The van der Waals surface area contributed by atoms with E-state index < -0.39 is 0 Å². The van der Waals surface area contributed by atoms with Crippen molar-refractivity contribution in [1.82, 2.24) is 4.98 Å². The van der Waals surface area contributed by atoms with E-state index in [0.29, 0.717) is 27.7 Å². The maximum absolute atomic E-state index is 12.8. The monoisotopic (exact) mass is 423 g/mol. The van der Waals surface area contributed by atoms with Crippen molar-refractivity contribution in [3.8, 4) is 0 Å². The molecule has 1 aromatic heterocycles. The first-order valence-electron chi connectivity index (χ1n) is 8.89. The van der Waals surface area contributed by atoms with E-state index in [4.69, 9.17) is 23.2 Å². The van der Waals surface area contributed by atoms with Crippen LogP contribution in [0, 0.1) is 0 Å². The van der Waals surface area contributed by atoms with E-state index >= 15 is 0 Å². The summed E-state index contributed by atoms with van der Waals surface area (Å²) in [5.74, 6) is -0.498. The zero-order valence-corrected chi connectivity index (χ0v) is 16.7. The number of halogens is 2. The molecule has 2 aromatic carbocycles. The van der Waals surface area contributed by atoms with E-state index in [1.165, 1.54) is 4.90 Å². The molecular weight excluding hydrogens is 409 g/mol. The molecule has 0 N–H and O–H groups in total. The fourth-order valence-corrected chi connectivity index (χ4v) is 3.40. The Labute approximate surface area is 177 Å². The summed E-state index contributed by atoms with van der Waals surface area (Å²) in [6.45, 7) is -0.222. The SMILES string of the molecule is O=C(CN1C(=O)CN=C(c2ccccc2)c2nc(Cl)ccc21)c1ccc(Cl)cc1. The predicted octanol–water partition coefficient (Wildman–Crippen LogP) is 4.46. The largest absolute Gasteiger partial charge is 0.301 e. The summed E-state index contributed by atoms with van der Waals surface area (Å²) < 4.78 is 0. The predicted molar refractivity (Wildman–Crippen MR) is 114 cm³/mol. The molecule has 144 valence electrons. The molecule has 1 amide bonds. The van der Waals surface area contributed by atoms with E-state index in [-0.39, 0.29) is 29.9 Å². The number of anilines is 1. The molecule has 5 nitrogen and oxygen atoms in total. The van der Waals surface area contributed by atoms with Gasteiger partial charge >= 0.3 is 0 Å². The van der Waals surface area contributed by atoms with Crippen LogP contribution >= 0.6 is 23.2 Å². The Kier molecular flexibility index (Phi) is 5.43. The average Bonchev–Trinajstić information content (AvgIpc) is 2.86. The van der Waals surface area contributed by atoms with Gasteiger partial charge in [0, 0.05) is 16.1 Å². The van der Waals surface area contributed by atoms with Gasteiger partial charge in [-0.2, -0.15) is 0 Å². The first kappa shape index (κ1) is 19.3. The molecule has 0 saturated heterocycles. The summed E-state index contributed by atoms with van der Waals surface area (Å²) in [5, 5.41) is 0.822. The molecule has 29 heavy (non-hydrogen) atoms. The van der Waals surface area contributed by atoms with Gasteiger partial charge in [-0.15, -0.1) is 0 Å². The molecule has 0 unspecified atom stereocenters. The summed E-state index contributed by atoms with van der Waals surface area (Å²) >= 11 is 12.0. The third-order valence-electron chi connectivity index (χ3n) is 4.54. The number of ketones is 1. The number of carbonyl (C=O) groups excluding carboxylic acids is 2. The van der Waals surface area contributed by atoms with Gasteiger partial charge in [0.2, 0.25) is 5.91 Å². The highest BCUT2D eigenvalue weighted by atomic mass is 35.5. The van der Waals surface area contributed by atoms with Gasteiger partial charge in [0.1, 0.15) is 17.4 Å². The number of fused-ring (bicyclic) bond motifs is 1. The molecule has 2 heterocycles. The average molecular weight is 424 g/mol. The summed E-state index contributed by atoms with van der Waals surface area (Å²) in [4.78, 5) is 35.9. The molecule has 0 saturated carbocycles. The van der Waals surface area contributed by atoms with Gasteiger partial charge in [0.15, 0.2) is 5.78 Å². The number of nitrogens with zero attached hydrogens (tertiary/aromatic N) is 3. The number of pyridine rings is 1. The van der Waals surface area contributed by atoms with Crippen molar-refractivity contribution >= 4 is 46.3 Å². The third-order valence-corrected chi connectivity index (χ3v) is 5.01. The maximum atomic E-state index is 12.8. The minimum absolute atomic E-state index is 0.0912. The van der Waals surface area contributed by atoms with E-state index in [0.717, 1.165) is 5.56 Å². The second-order valence-electron chi connectivity index (χ2n) is 6.44. The van der Waals surface area contributed by atoms with Crippen LogP contribution in [0.4, 0.5) is 5.69 Å². The summed E-state index contributed by atoms with van der Waals surface area (Å²) in [6, 6.07) is 19.3. The standard InChI is InChI=1S/C22H15Cl2N3O2/c23-16-8-6-14(7-9-16)18(28)13-27-17-10-11-19(24)26-22(17)21(25-12-20(27)29)15-4-2-1-3-5-15/h1-11H,12-13H2. The lowest BCUT2D eigenvalue weighted by Gasteiger charge is -2.22. The van der Waals surface area contributed by atoms with Crippen molar-refractivity contribution in [2.75, 3.05) is 18.0 Å². The molecule has 3 aromatic rings. The third kappa shape index (κ3) is 4.06. The van der Waals surface area contributed by atoms with E-state index in [1.807, 2.05) is 30.3 Å². The molecule has 4 rings (SSSR count). The molecule has 0 radical (unpaired) electrons. The second kappa shape index (κ2) is 8.15. The van der Waals surface area contributed by atoms with Gasteiger partial charge in [0.25, 0.3) is 0 Å². The van der Waals surface area contributed by atoms with E-state index in [9.17, 15) is 9.59 Å². The van der Waals surface area contributed by atoms with Gasteiger partial charge < -0.3 is 4.90 Å². The Morgan fingerprint density at radius 2 is 1.69 bits per heavy atom. The van der Waals surface area contributed by atoms with Crippen molar-refractivity contribution in [1.29, 1.82) is 0 Å². The molecule has 0 fully saturated rings. The van der Waals surface area contributed by atoms with Crippen molar-refractivity contribution < 1.29 is 9.59 Å². The number of benzene rings is 2. The number of hydrogen-bond acceptors (Lipinski definition) is 4. The van der Waals surface area contributed by atoms with Crippen molar-refractivity contribution in [3.05, 3.63) is 93.7 Å². The van der Waals surface area contributed by atoms with Gasteiger partial charge in [0.05, 0.1) is 17.9 Å². The fraction of sp³-hybridized carbons (Fsp3) is 0.0909. The second-order valence-corrected chi connectivity index (χ2v) is 7.27. The zero-order chi connectivity index (χ0) is 20.4. The molecule has 1 aliphatic heterocycles. The minimum Gasteiger partial charge on any atom is -0.301 e. The van der Waals surface area contributed by atoms with Gasteiger partial charge in [-0.3, -0.25) is 14.6 Å². The first-order valence-corrected chi connectivity index (χ1v) is 9.64. The molecule has 1 aliphatic rings. The Morgan fingerprint density at radius 3 is 2.41 bits per heavy atom. The lowest BCUT2D eigenvalue weighted by molar-refractivity contribution is -0.117. The molecule has 7 heteroatoms. The summed E-state index contributed by atoms with van der Waals surface area (Å²) in [6.07, 6.45) is 0. The van der Waals surface area contributed by atoms with Crippen LogP contribution in [0.5, 0.6) is 0 Å². The molecule has 0 bridgehead atoms. The van der Waals surface area contributed by atoms with Crippen LogP contribution in [-0.2, 0) is 4.79 Å². The molecular formula is C22H15Cl2N3O2. The Balaban J connectivity index is 1.75.